The fraction of sp³-hybridized carbons (Fsp3) is 0.348. The van der Waals surface area contributed by atoms with Crippen LogP contribution in [0, 0.1) is 0 Å². The number of carbonyl (C=O) groups is 1. The van der Waals surface area contributed by atoms with Crippen molar-refractivity contribution in [2.24, 2.45) is 0 Å². The van der Waals surface area contributed by atoms with Crippen LogP contribution in [0.5, 0.6) is 5.75 Å². The predicted molar refractivity (Wildman–Crippen MR) is 125 cm³/mol. The van der Waals surface area contributed by atoms with Crippen LogP contribution in [-0.4, -0.2) is 28.3 Å². The van der Waals surface area contributed by atoms with E-state index in [4.69, 9.17) is 21.3 Å². The van der Waals surface area contributed by atoms with E-state index in [-0.39, 0.29) is 23.3 Å². The number of hydrogen-bond donors (Lipinski definition) is 1. The molecular weight excluding hydrogens is 434 g/mol. The minimum atomic E-state index is -0.190. The molecule has 1 aliphatic carbocycles. The lowest BCUT2D eigenvalue weighted by molar-refractivity contribution is -0.113. The molecule has 162 valence electrons. The van der Waals surface area contributed by atoms with Crippen molar-refractivity contribution in [2.45, 2.75) is 43.3 Å². The Kier molecular flexibility index (Phi) is 6.83. The van der Waals surface area contributed by atoms with Gasteiger partial charge in [0.05, 0.1) is 29.5 Å². The Bertz CT molecular complexity index is 1160. The number of ether oxygens (including phenoxy) is 1. The number of rotatable bonds is 6. The van der Waals surface area contributed by atoms with Crippen LogP contribution in [0.2, 0.25) is 5.02 Å². The zero-order valence-corrected chi connectivity index (χ0v) is 18.8. The van der Waals surface area contributed by atoms with Crippen molar-refractivity contribution in [1.82, 2.24) is 9.55 Å². The first-order valence-electron chi connectivity index (χ1n) is 10.3. The van der Waals surface area contributed by atoms with Gasteiger partial charge in [-0.3, -0.25) is 14.2 Å². The lowest BCUT2D eigenvalue weighted by atomic mass is 9.95. The Balaban J connectivity index is 1.62. The molecule has 1 heterocycles. The number of amides is 1. The summed E-state index contributed by atoms with van der Waals surface area (Å²) in [7, 11) is 1.56. The molecule has 2 aromatic carbocycles. The molecule has 0 bridgehead atoms. The molecule has 0 aliphatic heterocycles. The first-order chi connectivity index (χ1) is 15.1. The Morgan fingerprint density at radius 2 is 2.00 bits per heavy atom. The van der Waals surface area contributed by atoms with Crippen LogP contribution >= 0.6 is 23.4 Å². The number of methoxy groups -OCH3 is 1. The molecule has 1 amide bonds. The van der Waals surface area contributed by atoms with E-state index >= 15 is 0 Å². The topological polar surface area (TPSA) is 73.2 Å². The van der Waals surface area contributed by atoms with Gasteiger partial charge in [0.25, 0.3) is 5.56 Å². The molecule has 0 atom stereocenters. The molecular formula is C23H24ClN3O3S. The number of fused-ring (bicyclic) bond motifs is 1. The van der Waals surface area contributed by atoms with Gasteiger partial charge in [-0.15, -0.1) is 0 Å². The second kappa shape index (κ2) is 9.75. The number of benzene rings is 2. The van der Waals surface area contributed by atoms with Crippen LogP contribution in [0.15, 0.2) is 52.4 Å². The number of anilines is 1. The van der Waals surface area contributed by atoms with E-state index in [0.717, 1.165) is 25.7 Å². The Hall–Kier alpha value is -2.51. The van der Waals surface area contributed by atoms with E-state index < -0.39 is 0 Å². The van der Waals surface area contributed by atoms with Gasteiger partial charge in [0.15, 0.2) is 5.16 Å². The number of nitrogens with one attached hydrogen (secondary N) is 1. The van der Waals surface area contributed by atoms with Gasteiger partial charge in [-0.2, -0.15) is 0 Å². The largest absolute Gasteiger partial charge is 0.495 e. The highest BCUT2D eigenvalue weighted by Crippen LogP contribution is 2.31. The molecule has 1 fully saturated rings. The zero-order valence-electron chi connectivity index (χ0n) is 17.3. The second-order valence-electron chi connectivity index (χ2n) is 7.56. The summed E-state index contributed by atoms with van der Waals surface area (Å²) in [5.41, 5.74) is 1.09. The summed E-state index contributed by atoms with van der Waals surface area (Å²) >= 11 is 7.40. The molecule has 1 N–H and O–H groups in total. The Morgan fingerprint density at radius 3 is 2.77 bits per heavy atom. The number of thioether (sulfide) groups is 1. The molecule has 31 heavy (non-hydrogen) atoms. The van der Waals surface area contributed by atoms with E-state index in [1.807, 2.05) is 12.1 Å². The maximum Gasteiger partial charge on any atom is 0.262 e. The van der Waals surface area contributed by atoms with Crippen molar-refractivity contribution >= 4 is 45.9 Å². The highest BCUT2D eigenvalue weighted by molar-refractivity contribution is 7.99. The Labute approximate surface area is 190 Å². The quantitative estimate of drug-likeness (QED) is 0.402. The Morgan fingerprint density at radius 1 is 1.23 bits per heavy atom. The van der Waals surface area contributed by atoms with Crippen molar-refractivity contribution < 1.29 is 9.53 Å². The summed E-state index contributed by atoms with van der Waals surface area (Å²) in [5, 5.41) is 4.51. The number of hydrogen-bond acceptors (Lipinski definition) is 5. The van der Waals surface area contributed by atoms with Gasteiger partial charge in [0.1, 0.15) is 5.75 Å². The highest BCUT2D eigenvalue weighted by Gasteiger charge is 2.22. The average Bonchev–Trinajstić information content (AvgIpc) is 2.78. The SMILES string of the molecule is COc1ccccc1NC(=O)CSc1nc2cc(Cl)ccc2c(=O)n1C1CCCCC1. The van der Waals surface area contributed by atoms with Gasteiger partial charge in [-0.05, 0) is 43.2 Å². The number of para-hydroxylation sites is 2. The molecule has 1 saturated carbocycles. The second-order valence-corrected chi connectivity index (χ2v) is 8.94. The molecule has 3 aromatic rings. The number of nitrogens with zero attached hydrogens (tertiary/aromatic N) is 2. The smallest absolute Gasteiger partial charge is 0.262 e. The first kappa shape index (κ1) is 21.7. The van der Waals surface area contributed by atoms with Gasteiger partial charge in [0.2, 0.25) is 5.91 Å². The van der Waals surface area contributed by atoms with E-state index in [1.165, 1.54) is 18.2 Å². The summed E-state index contributed by atoms with van der Waals surface area (Å²) in [5.74, 6) is 0.534. The van der Waals surface area contributed by atoms with Gasteiger partial charge >= 0.3 is 0 Å². The third-order valence-corrected chi connectivity index (χ3v) is 6.67. The average molecular weight is 458 g/mol. The maximum absolute atomic E-state index is 13.3. The third kappa shape index (κ3) is 4.88. The summed E-state index contributed by atoms with van der Waals surface area (Å²) in [6.45, 7) is 0. The number of aromatic nitrogens is 2. The van der Waals surface area contributed by atoms with Crippen LogP contribution < -0.4 is 15.6 Å². The number of carbonyl (C=O) groups excluding carboxylic acids is 1. The molecule has 8 heteroatoms. The molecule has 6 nitrogen and oxygen atoms in total. The zero-order chi connectivity index (χ0) is 21.8. The van der Waals surface area contributed by atoms with Gasteiger partial charge in [-0.25, -0.2) is 4.98 Å². The molecule has 0 saturated heterocycles. The molecule has 1 aromatic heterocycles. The minimum absolute atomic E-state index is 0.0683. The molecule has 4 rings (SSSR count). The monoisotopic (exact) mass is 457 g/mol. The van der Waals surface area contributed by atoms with Crippen molar-refractivity contribution in [1.29, 1.82) is 0 Å². The van der Waals surface area contributed by atoms with E-state index in [9.17, 15) is 9.59 Å². The lowest BCUT2D eigenvalue weighted by Gasteiger charge is -2.26. The summed E-state index contributed by atoms with van der Waals surface area (Å²) in [4.78, 5) is 30.7. The van der Waals surface area contributed by atoms with Crippen molar-refractivity contribution in [3.05, 3.63) is 57.8 Å². The standard InChI is InChI=1S/C23H24ClN3O3S/c1-30-20-10-6-5-9-18(20)25-21(28)14-31-23-26-19-13-15(24)11-12-17(19)22(29)27(23)16-7-3-2-4-8-16/h5-6,9-13,16H,2-4,7-8,14H2,1H3,(H,25,28). The van der Waals surface area contributed by atoms with Crippen LogP contribution in [0.25, 0.3) is 10.9 Å². The summed E-state index contributed by atoms with van der Waals surface area (Å²) in [6, 6.07) is 12.5. The van der Waals surface area contributed by atoms with Gasteiger partial charge < -0.3 is 10.1 Å². The maximum atomic E-state index is 13.3. The fourth-order valence-corrected chi connectivity index (χ4v) is 5.01. The normalized spacial score (nSPS) is 14.5. The molecule has 0 spiro atoms. The van der Waals surface area contributed by atoms with Gasteiger partial charge in [0, 0.05) is 11.1 Å². The predicted octanol–water partition coefficient (Wildman–Crippen LogP) is 5.29. The lowest BCUT2D eigenvalue weighted by Crippen LogP contribution is -2.29. The third-order valence-electron chi connectivity index (χ3n) is 5.48. The summed E-state index contributed by atoms with van der Waals surface area (Å²) in [6.07, 6.45) is 5.26. The van der Waals surface area contributed by atoms with Crippen molar-refractivity contribution in [3.8, 4) is 5.75 Å². The minimum Gasteiger partial charge on any atom is -0.495 e. The van der Waals surface area contributed by atoms with Crippen LogP contribution in [0.4, 0.5) is 5.69 Å². The molecule has 0 unspecified atom stereocenters. The van der Waals surface area contributed by atoms with E-state index in [2.05, 4.69) is 5.32 Å². The van der Waals surface area contributed by atoms with Crippen molar-refractivity contribution in [3.63, 3.8) is 0 Å². The van der Waals surface area contributed by atoms with E-state index in [0.29, 0.717) is 32.5 Å². The molecule has 1 aliphatic rings. The highest BCUT2D eigenvalue weighted by atomic mass is 35.5. The van der Waals surface area contributed by atoms with Gasteiger partial charge in [-0.1, -0.05) is 54.8 Å². The van der Waals surface area contributed by atoms with Crippen molar-refractivity contribution in [2.75, 3.05) is 18.2 Å². The number of halogens is 1. The van der Waals surface area contributed by atoms with Crippen LogP contribution in [-0.2, 0) is 4.79 Å². The van der Waals surface area contributed by atoms with Crippen LogP contribution in [0.1, 0.15) is 38.1 Å². The van der Waals surface area contributed by atoms with Crippen LogP contribution in [0.3, 0.4) is 0 Å². The summed E-state index contributed by atoms with van der Waals surface area (Å²) < 4.78 is 7.08. The first-order valence-corrected chi connectivity index (χ1v) is 11.7. The van der Waals surface area contributed by atoms with E-state index in [1.54, 1.807) is 42.0 Å². The molecule has 0 radical (unpaired) electrons. The fourth-order valence-electron chi connectivity index (χ4n) is 3.98.